The number of ether oxygens (including phenoxy) is 2. The first kappa shape index (κ1) is 22.8. The lowest BCUT2D eigenvalue weighted by atomic mass is 9.68. The van der Waals surface area contributed by atoms with Gasteiger partial charge < -0.3 is 14.8 Å². The highest BCUT2D eigenvalue weighted by molar-refractivity contribution is 6.04. The molecule has 33 heavy (non-hydrogen) atoms. The molecule has 5 nitrogen and oxygen atoms in total. The van der Waals surface area contributed by atoms with E-state index in [1.807, 2.05) is 61.5 Å². The molecule has 0 saturated heterocycles. The van der Waals surface area contributed by atoms with Crippen LogP contribution in [0.4, 0.5) is 0 Å². The smallest absolute Gasteiger partial charge is 0.336 e. The second-order valence-electron chi connectivity index (χ2n) is 9.49. The van der Waals surface area contributed by atoms with Crippen LogP contribution in [0.1, 0.15) is 57.6 Å². The van der Waals surface area contributed by atoms with E-state index < -0.39 is 5.92 Å². The molecule has 1 N–H and O–H groups in total. The Morgan fingerprint density at radius 1 is 1.06 bits per heavy atom. The highest BCUT2D eigenvalue weighted by Gasteiger charge is 2.43. The van der Waals surface area contributed by atoms with E-state index in [-0.39, 0.29) is 23.8 Å². The van der Waals surface area contributed by atoms with Crippen LogP contribution in [0.5, 0.6) is 5.75 Å². The van der Waals surface area contributed by atoms with Crippen LogP contribution in [0.15, 0.2) is 77.1 Å². The predicted molar refractivity (Wildman–Crippen MR) is 127 cm³/mol. The van der Waals surface area contributed by atoms with Crippen molar-refractivity contribution in [3.05, 3.63) is 88.3 Å². The SMILES string of the molecule is CCOC(=O)C1=C(C)NC2=C(C(=O)CC(C)(C)C2)[C@H]1c1ccc(OCc2ccccc2)cc1. The van der Waals surface area contributed by atoms with Gasteiger partial charge in [-0.15, -0.1) is 0 Å². The Morgan fingerprint density at radius 2 is 1.76 bits per heavy atom. The number of allylic oxidation sites excluding steroid dienone is 3. The number of Topliss-reactive ketones (excluding diaryl/α,β-unsaturated/α-hetero) is 1. The van der Waals surface area contributed by atoms with Gasteiger partial charge in [-0.3, -0.25) is 4.79 Å². The summed E-state index contributed by atoms with van der Waals surface area (Å²) in [4.78, 5) is 26.2. The van der Waals surface area contributed by atoms with E-state index in [2.05, 4.69) is 19.2 Å². The number of rotatable bonds is 6. The lowest BCUT2D eigenvalue weighted by Gasteiger charge is -2.39. The number of ketones is 1. The maximum atomic E-state index is 13.3. The number of carbonyl (C=O) groups excluding carboxylic acids is 2. The molecular weight excluding hydrogens is 414 g/mol. The average Bonchev–Trinajstić information content (AvgIpc) is 2.77. The molecule has 2 aliphatic rings. The van der Waals surface area contributed by atoms with Crippen molar-refractivity contribution in [1.29, 1.82) is 0 Å². The maximum absolute atomic E-state index is 13.3. The highest BCUT2D eigenvalue weighted by atomic mass is 16.5. The Hall–Kier alpha value is -3.34. The Morgan fingerprint density at radius 3 is 2.42 bits per heavy atom. The largest absolute Gasteiger partial charge is 0.489 e. The van der Waals surface area contributed by atoms with E-state index in [1.54, 1.807) is 6.92 Å². The van der Waals surface area contributed by atoms with E-state index in [9.17, 15) is 9.59 Å². The van der Waals surface area contributed by atoms with Crippen molar-refractivity contribution in [2.75, 3.05) is 6.61 Å². The standard InChI is InChI=1S/C28H31NO4/c1-5-32-27(31)24-18(2)29-22-15-28(3,4)16-23(30)26(22)25(24)20-11-13-21(14-12-20)33-17-19-9-7-6-8-10-19/h6-14,25,29H,5,15-17H2,1-4H3/t25-/m0/s1. The van der Waals surface area contributed by atoms with E-state index in [0.717, 1.165) is 34.7 Å². The molecule has 0 aromatic heterocycles. The number of hydrogen-bond acceptors (Lipinski definition) is 5. The van der Waals surface area contributed by atoms with Gasteiger partial charge in [-0.25, -0.2) is 4.79 Å². The van der Waals surface area contributed by atoms with Crippen molar-refractivity contribution < 1.29 is 19.1 Å². The summed E-state index contributed by atoms with van der Waals surface area (Å²) in [6.45, 7) is 8.63. The summed E-state index contributed by atoms with van der Waals surface area (Å²) in [5.41, 5.74) is 4.69. The second kappa shape index (κ2) is 9.26. The summed E-state index contributed by atoms with van der Waals surface area (Å²) >= 11 is 0. The quantitative estimate of drug-likeness (QED) is 0.601. The average molecular weight is 446 g/mol. The third-order valence-corrected chi connectivity index (χ3v) is 6.20. The van der Waals surface area contributed by atoms with Crippen LogP contribution >= 0.6 is 0 Å². The van der Waals surface area contributed by atoms with Crippen LogP contribution in [0.3, 0.4) is 0 Å². The number of benzene rings is 2. The van der Waals surface area contributed by atoms with Gasteiger partial charge >= 0.3 is 5.97 Å². The Labute approximate surface area is 195 Å². The van der Waals surface area contributed by atoms with Crippen molar-refractivity contribution >= 4 is 11.8 Å². The minimum absolute atomic E-state index is 0.0810. The van der Waals surface area contributed by atoms with Crippen molar-refractivity contribution in [1.82, 2.24) is 5.32 Å². The van der Waals surface area contributed by atoms with Crippen LogP contribution in [-0.2, 0) is 20.9 Å². The number of carbonyl (C=O) groups is 2. The molecule has 0 amide bonds. The number of hydrogen-bond donors (Lipinski definition) is 1. The Balaban J connectivity index is 1.67. The molecule has 1 aliphatic carbocycles. The van der Waals surface area contributed by atoms with E-state index in [0.29, 0.717) is 24.2 Å². The molecule has 1 atom stereocenters. The van der Waals surface area contributed by atoms with Crippen molar-refractivity contribution in [3.63, 3.8) is 0 Å². The molecule has 0 radical (unpaired) electrons. The fourth-order valence-corrected chi connectivity index (χ4v) is 4.75. The van der Waals surface area contributed by atoms with Gasteiger partial charge in [-0.05, 0) is 48.9 Å². The molecule has 1 heterocycles. The molecule has 4 rings (SSSR count). The van der Waals surface area contributed by atoms with Crippen molar-refractivity contribution in [3.8, 4) is 5.75 Å². The third-order valence-electron chi connectivity index (χ3n) is 6.20. The zero-order valence-electron chi connectivity index (χ0n) is 19.7. The molecule has 172 valence electrons. The first-order valence-corrected chi connectivity index (χ1v) is 11.5. The first-order chi connectivity index (χ1) is 15.8. The number of nitrogens with one attached hydrogen (secondary N) is 1. The number of dihydropyridines is 1. The molecule has 2 aromatic rings. The van der Waals surface area contributed by atoms with Gasteiger partial charge in [0.05, 0.1) is 12.2 Å². The minimum atomic E-state index is -0.452. The fraction of sp³-hybridized carbons (Fsp3) is 0.357. The molecule has 5 heteroatoms. The van der Waals surface area contributed by atoms with E-state index in [4.69, 9.17) is 9.47 Å². The molecule has 0 fully saturated rings. The van der Waals surface area contributed by atoms with Gasteiger partial charge in [-0.2, -0.15) is 0 Å². The Bertz CT molecular complexity index is 1110. The summed E-state index contributed by atoms with van der Waals surface area (Å²) in [5.74, 6) is -0.0224. The number of esters is 1. The fourth-order valence-electron chi connectivity index (χ4n) is 4.75. The lowest BCUT2D eigenvalue weighted by Crippen LogP contribution is -2.38. The molecular formula is C28H31NO4. The first-order valence-electron chi connectivity index (χ1n) is 11.5. The highest BCUT2D eigenvalue weighted by Crippen LogP contribution is 2.46. The topological polar surface area (TPSA) is 64.6 Å². The van der Waals surface area contributed by atoms with E-state index >= 15 is 0 Å². The van der Waals surface area contributed by atoms with E-state index in [1.165, 1.54) is 0 Å². The van der Waals surface area contributed by atoms with Crippen LogP contribution in [-0.4, -0.2) is 18.4 Å². The molecule has 0 unspecified atom stereocenters. The van der Waals surface area contributed by atoms with Gasteiger partial charge in [0.1, 0.15) is 12.4 Å². The van der Waals surface area contributed by atoms with Crippen LogP contribution in [0.25, 0.3) is 0 Å². The van der Waals surface area contributed by atoms with Gasteiger partial charge in [0.25, 0.3) is 0 Å². The second-order valence-corrected chi connectivity index (χ2v) is 9.49. The normalized spacial score (nSPS) is 19.6. The van der Waals surface area contributed by atoms with Gasteiger partial charge in [0.2, 0.25) is 0 Å². The summed E-state index contributed by atoms with van der Waals surface area (Å²) in [6.07, 6.45) is 1.22. The molecule has 0 saturated carbocycles. The maximum Gasteiger partial charge on any atom is 0.336 e. The van der Waals surface area contributed by atoms with Crippen molar-refractivity contribution in [2.24, 2.45) is 5.41 Å². The third kappa shape index (κ3) is 4.87. The molecule has 0 bridgehead atoms. The summed E-state index contributed by atoms with van der Waals surface area (Å²) in [5, 5.41) is 3.36. The monoisotopic (exact) mass is 445 g/mol. The zero-order chi connectivity index (χ0) is 23.6. The van der Waals surface area contributed by atoms with Crippen LogP contribution in [0, 0.1) is 5.41 Å². The summed E-state index contributed by atoms with van der Waals surface area (Å²) in [7, 11) is 0. The summed E-state index contributed by atoms with van der Waals surface area (Å²) in [6, 6.07) is 17.7. The van der Waals surface area contributed by atoms with Crippen LogP contribution in [0.2, 0.25) is 0 Å². The molecule has 0 spiro atoms. The van der Waals surface area contributed by atoms with Crippen molar-refractivity contribution in [2.45, 2.75) is 53.1 Å². The van der Waals surface area contributed by atoms with Gasteiger partial charge in [0.15, 0.2) is 5.78 Å². The summed E-state index contributed by atoms with van der Waals surface area (Å²) < 4.78 is 11.3. The Kier molecular flexibility index (Phi) is 6.41. The van der Waals surface area contributed by atoms with Gasteiger partial charge in [-0.1, -0.05) is 56.3 Å². The van der Waals surface area contributed by atoms with Gasteiger partial charge in [0, 0.05) is 29.3 Å². The minimum Gasteiger partial charge on any atom is -0.489 e. The lowest BCUT2D eigenvalue weighted by molar-refractivity contribution is -0.138. The van der Waals surface area contributed by atoms with Crippen LogP contribution < -0.4 is 10.1 Å². The molecule has 2 aromatic carbocycles. The molecule has 1 aliphatic heterocycles. The predicted octanol–water partition coefficient (Wildman–Crippen LogP) is 5.43. The zero-order valence-corrected chi connectivity index (χ0v) is 19.7.